The number of carbonyl (C=O) groups is 1. The van der Waals surface area contributed by atoms with E-state index in [0.717, 1.165) is 46.5 Å². The number of urea groups is 1. The summed E-state index contributed by atoms with van der Waals surface area (Å²) in [5, 5.41) is 2.83. The summed E-state index contributed by atoms with van der Waals surface area (Å²) >= 11 is 0. The van der Waals surface area contributed by atoms with Crippen molar-refractivity contribution in [1.82, 2.24) is 29.7 Å². The van der Waals surface area contributed by atoms with E-state index in [9.17, 15) is 9.18 Å². The summed E-state index contributed by atoms with van der Waals surface area (Å²) < 4.78 is 13.7. The van der Waals surface area contributed by atoms with Crippen molar-refractivity contribution in [3.05, 3.63) is 107 Å². The lowest BCUT2D eigenvalue weighted by molar-refractivity contribution is 0.106. The third kappa shape index (κ3) is 6.62. The Morgan fingerprint density at radius 3 is 2.46 bits per heavy atom. The number of anilines is 1. The van der Waals surface area contributed by atoms with Crippen molar-refractivity contribution in [2.75, 3.05) is 18.4 Å². The molecule has 214 valence electrons. The van der Waals surface area contributed by atoms with E-state index in [-0.39, 0.29) is 23.3 Å². The Hall–Kier alpha value is -4.11. The number of amides is 2. The smallest absolute Gasteiger partial charge is 0.324 e. The third-order valence-corrected chi connectivity index (χ3v) is 8.15. The lowest BCUT2D eigenvalue weighted by Crippen LogP contribution is -2.48. The Labute approximate surface area is 241 Å². The first-order valence-electron chi connectivity index (χ1n) is 14.1. The molecule has 9 heteroatoms. The molecule has 0 bridgehead atoms. The highest BCUT2D eigenvalue weighted by atomic mass is 19.1. The maximum absolute atomic E-state index is 13.7. The molecule has 0 aliphatic carbocycles. The number of aromatic nitrogens is 4. The Balaban J connectivity index is 1.39. The number of rotatable bonds is 8. The van der Waals surface area contributed by atoms with Gasteiger partial charge in [0.2, 0.25) is 5.95 Å². The van der Waals surface area contributed by atoms with Gasteiger partial charge in [0.25, 0.3) is 0 Å². The van der Waals surface area contributed by atoms with Crippen LogP contribution in [0.3, 0.4) is 0 Å². The van der Waals surface area contributed by atoms with Crippen LogP contribution in [0.1, 0.15) is 60.3 Å². The van der Waals surface area contributed by atoms with Gasteiger partial charge in [-0.05, 0) is 67.1 Å². The second kappa shape index (κ2) is 12.2. The average molecular weight is 556 g/mol. The number of halogens is 1. The largest absolute Gasteiger partial charge is 0.331 e. The van der Waals surface area contributed by atoms with Crippen LogP contribution >= 0.6 is 0 Å². The molecule has 1 aliphatic rings. The van der Waals surface area contributed by atoms with E-state index >= 15 is 0 Å². The number of pyridine rings is 2. The summed E-state index contributed by atoms with van der Waals surface area (Å²) in [6.45, 7) is 11.1. The number of H-pyrrole nitrogens is 1. The van der Waals surface area contributed by atoms with Crippen LogP contribution in [0, 0.1) is 19.7 Å². The minimum Gasteiger partial charge on any atom is -0.331 e. The zero-order valence-electron chi connectivity index (χ0n) is 24.2. The van der Waals surface area contributed by atoms with Crippen molar-refractivity contribution < 1.29 is 9.18 Å². The highest BCUT2D eigenvalue weighted by molar-refractivity contribution is 5.87. The van der Waals surface area contributed by atoms with Crippen LogP contribution in [0.5, 0.6) is 0 Å². The number of nitrogens with zero attached hydrogens (tertiary/aromatic N) is 5. The molecule has 1 aliphatic heterocycles. The first kappa shape index (κ1) is 28.4. The number of likely N-dealkylation sites (tertiary alicyclic amines) is 1. The topological polar surface area (TPSA) is 90.0 Å². The molecule has 8 nitrogen and oxygen atoms in total. The number of carbonyl (C=O) groups excluding carboxylic acids is 1. The predicted molar refractivity (Wildman–Crippen MR) is 158 cm³/mol. The van der Waals surface area contributed by atoms with Gasteiger partial charge < -0.3 is 9.88 Å². The van der Waals surface area contributed by atoms with Crippen molar-refractivity contribution >= 4 is 12.0 Å². The molecular formula is C32H38FN7O. The molecule has 1 saturated heterocycles. The van der Waals surface area contributed by atoms with Crippen LogP contribution in [0.4, 0.5) is 15.1 Å². The normalized spacial score (nSPS) is 14.4. The first-order chi connectivity index (χ1) is 19.7. The molecule has 0 radical (unpaired) electrons. The average Bonchev–Trinajstić information content (AvgIpc) is 3.47. The van der Waals surface area contributed by atoms with Crippen LogP contribution in [-0.2, 0) is 18.5 Å². The molecule has 3 aromatic heterocycles. The molecule has 0 spiro atoms. The number of hydrogen-bond acceptors (Lipinski definition) is 5. The van der Waals surface area contributed by atoms with Gasteiger partial charge in [0.15, 0.2) is 0 Å². The van der Waals surface area contributed by atoms with E-state index in [4.69, 9.17) is 9.97 Å². The molecular weight excluding hydrogens is 517 g/mol. The van der Waals surface area contributed by atoms with Crippen molar-refractivity contribution in [2.45, 2.75) is 65.1 Å². The van der Waals surface area contributed by atoms with E-state index in [0.29, 0.717) is 32.1 Å². The van der Waals surface area contributed by atoms with Crippen LogP contribution in [0.15, 0.2) is 67.3 Å². The number of benzene rings is 1. The molecule has 41 heavy (non-hydrogen) atoms. The van der Waals surface area contributed by atoms with Crippen LogP contribution in [0.2, 0.25) is 0 Å². The highest BCUT2D eigenvalue weighted by Gasteiger charge is 2.31. The summed E-state index contributed by atoms with van der Waals surface area (Å²) in [7, 11) is 0. The second-order valence-corrected chi connectivity index (χ2v) is 11.4. The maximum Gasteiger partial charge on any atom is 0.324 e. The zero-order valence-corrected chi connectivity index (χ0v) is 24.2. The lowest BCUT2D eigenvalue weighted by Gasteiger charge is -2.39. The van der Waals surface area contributed by atoms with Crippen molar-refractivity contribution in [3.8, 4) is 0 Å². The Kier molecular flexibility index (Phi) is 8.44. The fraction of sp³-hybridized carbons (Fsp3) is 0.375. The van der Waals surface area contributed by atoms with E-state index in [2.05, 4.69) is 60.0 Å². The number of hydrogen-bond donors (Lipinski definition) is 2. The first-order valence-corrected chi connectivity index (χ1v) is 14.1. The molecule has 0 atom stereocenters. The van der Waals surface area contributed by atoms with Gasteiger partial charge in [-0.25, -0.2) is 14.2 Å². The van der Waals surface area contributed by atoms with Crippen LogP contribution in [-0.4, -0.2) is 54.9 Å². The molecule has 2 amide bonds. The molecule has 1 fully saturated rings. The van der Waals surface area contributed by atoms with E-state index < -0.39 is 0 Å². The molecule has 2 N–H and O–H groups in total. The zero-order chi connectivity index (χ0) is 29.0. The van der Waals surface area contributed by atoms with Gasteiger partial charge in [0.05, 0.1) is 11.4 Å². The molecule has 4 heterocycles. The number of nitrogens with one attached hydrogen (secondary N) is 2. The molecule has 5 rings (SSSR count). The van der Waals surface area contributed by atoms with Crippen LogP contribution < -0.4 is 5.32 Å². The van der Waals surface area contributed by atoms with Gasteiger partial charge in [0.1, 0.15) is 5.82 Å². The van der Waals surface area contributed by atoms with Gasteiger partial charge in [-0.3, -0.25) is 20.2 Å². The number of aryl methyl sites for hydroxylation is 2. The van der Waals surface area contributed by atoms with E-state index in [1.165, 1.54) is 12.1 Å². The van der Waals surface area contributed by atoms with Gasteiger partial charge >= 0.3 is 6.03 Å². The van der Waals surface area contributed by atoms with Crippen LogP contribution in [0.25, 0.3) is 0 Å². The SMILES string of the molecule is Cc1cnc(CN(Cc2ncccc2C(C)(C)c2ccc(F)cc2)C2CCN(C(=O)Nc3ncc[nH]3)CC2)c(C)c1. The minimum atomic E-state index is -0.367. The molecule has 1 aromatic carbocycles. The molecule has 4 aromatic rings. The second-order valence-electron chi connectivity index (χ2n) is 11.4. The van der Waals surface area contributed by atoms with Crippen molar-refractivity contribution in [3.63, 3.8) is 0 Å². The van der Waals surface area contributed by atoms with Crippen molar-refractivity contribution in [1.29, 1.82) is 0 Å². The molecule has 0 unspecified atom stereocenters. The monoisotopic (exact) mass is 555 g/mol. The summed E-state index contributed by atoms with van der Waals surface area (Å²) in [5.41, 5.74) is 6.12. The minimum absolute atomic E-state index is 0.144. The summed E-state index contributed by atoms with van der Waals surface area (Å²) in [5.74, 6) is 0.207. The summed E-state index contributed by atoms with van der Waals surface area (Å²) in [6, 6.07) is 13.1. The van der Waals surface area contributed by atoms with Crippen molar-refractivity contribution in [2.24, 2.45) is 0 Å². The van der Waals surface area contributed by atoms with Gasteiger partial charge in [-0.2, -0.15) is 0 Å². The number of imidazole rings is 1. The Bertz CT molecular complexity index is 1460. The number of aromatic amines is 1. The summed E-state index contributed by atoms with van der Waals surface area (Å²) in [6.07, 6.45) is 8.73. The van der Waals surface area contributed by atoms with E-state index in [1.54, 1.807) is 12.4 Å². The highest BCUT2D eigenvalue weighted by Crippen LogP contribution is 2.34. The quantitative estimate of drug-likeness (QED) is 0.279. The Morgan fingerprint density at radius 2 is 1.78 bits per heavy atom. The third-order valence-electron chi connectivity index (χ3n) is 8.15. The standard InChI is InChI=1S/C32H38FN7O/c1-22-18-23(2)28(37-19-22)20-40(26-11-16-39(17-12-26)31(41)38-30-35-14-15-36-30)21-29-27(6-5-13-34-29)32(3,4)24-7-9-25(33)10-8-24/h5-10,13-15,18-19,26H,11-12,16-17,20-21H2,1-4H3,(H2,35,36,38,41). The summed E-state index contributed by atoms with van der Waals surface area (Å²) in [4.78, 5) is 33.8. The molecule has 0 saturated carbocycles. The van der Waals surface area contributed by atoms with Gasteiger partial charge in [-0.15, -0.1) is 0 Å². The number of piperidine rings is 1. The predicted octanol–water partition coefficient (Wildman–Crippen LogP) is 5.98. The maximum atomic E-state index is 13.7. The lowest BCUT2D eigenvalue weighted by atomic mass is 9.77. The van der Waals surface area contributed by atoms with Gasteiger partial charge in [-0.1, -0.05) is 38.1 Å². The fourth-order valence-corrected chi connectivity index (χ4v) is 5.71. The Morgan fingerprint density at radius 1 is 1.05 bits per heavy atom. The fourth-order valence-electron chi connectivity index (χ4n) is 5.71. The van der Waals surface area contributed by atoms with E-state index in [1.807, 2.05) is 35.5 Å². The van der Waals surface area contributed by atoms with Gasteiger partial charge in [0, 0.05) is 62.4 Å².